The fourth-order valence-corrected chi connectivity index (χ4v) is 4.41. The summed E-state index contributed by atoms with van der Waals surface area (Å²) >= 11 is 0. The Hall–Kier alpha value is -1.95. The zero-order valence-electron chi connectivity index (χ0n) is 16.6. The monoisotopic (exact) mass is 390 g/mol. The lowest BCUT2D eigenvalue weighted by molar-refractivity contribution is -0.141. The van der Waals surface area contributed by atoms with Crippen LogP contribution in [-0.4, -0.2) is 38.1 Å². The van der Waals surface area contributed by atoms with E-state index >= 15 is 0 Å². The molecular weight excluding hydrogens is 359 g/mol. The fraction of sp³-hybridized carbons (Fsp3) is 0.636. The summed E-state index contributed by atoms with van der Waals surface area (Å²) in [5.74, 6) is -0.0621. The largest absolute Gasteiger partial charge is 0.469 e. The molecule has 0 spiro atoms. The summed E-state index contributed by atoms with van der Waals surface area (Å²) in [5.41, 5.74) is 1.12. The maximum atomic E-state index is 14.6. The smallest absolute Gasteiger partial charge is 0.305 e. The van der Waals surface area contributed by atoms with Gasteiger partial charge in [-0.1, -0.05) is 6.07 Å². The molecule has 0 atom stereocenters. The summed E-state index contributed by atoms with van der Waals surface area (Å²) in [6.07, 6.45) is 6.97. The molecule has 2 fully saturated rings. The van der Waals surface area contributed by atoms with Crippen LogP contribution in [0.1, 0.15) is 73.2 Å². The van der Waals surface area contributed by atoms with Gasteiger partial charge in [-0.05, 0) is 87.6 Å². The van der Waals surface area contributed by atoms with E-state index in [9.17, 15) is 14.0 Å². The van der Waals surface area contributed by atoms with Crippen LogP contribution < -0.4 is 10.6 Å². The number of ether oxygens (including phenoxy) is 1. The SMILES string of the molecule is COC(=O)CCC1CCC(NC(=O)c2ccc(C3CCNCC3)cc2F)CC1. The number of piperidine rings is 1. The third-order valence-corrected chi connectivity index (χ3v) is 6.21. The summed E-state index contributed by atoms with van der Waals surface area (Å²) in [5, 5.41) is 6.30. The van der Waals surface area contributed by atoms with Gasteiger partial charge in [0.15, 0.2) is 0 Å². The van der Waals surface area contributed by atoms with Gasteiger partial charge in [0.1, 0.15) is 5.82 Å². The molecule has 0 radical (unpaired) electrons. The second kappa shape index (κ2) is 10.0. The van der Waals surface area contributed by atoms with E-state index in [0.29, 0.717) is 18.3 Å². The predicted molar refractivity (Wildman–Crippen MR) is 106 cm³/mol. The molecule has 2 N–H and O–H groups in total. The van der Waals surface area contributed by atoms with Gasteiger partial charge in [-0.3, -0.25) is 9.59 Å². The Bertz CT molecular complexity index is 680. The molecule has 1 amide bonds. The topological polar surface area (TPSA) is 67.4 Å². The van der Waals surface area contributed by atoms with E-state index in [1.54, 1.807) is 6.07 Å². The van der Waals surface area contributed by atoms with E-state index < -0.39 is 5.82 Å². The van der Waals surface area contributed by atoms with Crippen LogP contribution in [0.25, 0.3) is 0 Å². The zero-order valence-corrected chi connectivity index (χ0v) is 16.6. The molecule has 1 aromatic rings. The summed E-state index contributed by atoms with van der Waals surface area (Å²) < 4.78 is 19.2. The predicted octanol–water partition coefficient (Wildman–Crippen LogP) is 3.53. The molecule has 1 saturated heterocycles. The van der Waals surface area contributed by atoms with Crippen molar-refractivity contribution in [2.24, 2.45) is 5.92 Å². The summed E-state index contributed by atoms with van der Waals surface area (Å²) in [6.45, 7) is 1.91. The third kappa shape index (κ3) is 5.53. The van der Waals surface area contributed by atoms with Gasteiger partial charge in [-0.25, -0.2) is 4.39 Å². The van der Waals surface area contributed by atoms with Crippen LogP contribution in [0.2, 0.25) is 0 Å². The number of amides is 1. The van der Waals surface area contributed by atoms with Gasteiger partial charge in [0.25, 0.3) is 5.91 Å². The Morgan fingerprint density at radius 1 is 1.14 bits per heavy atom. The average Bonchev–Trinajstić information content (AvgIpc) is 2.73. The van der Waals surface area contributed by atoms with Crippen molar-refractivity contribution in [3.63, 3.8) is 0 Å². The molecule has 28 heavy (non-hydrogen) atoms. The van der Waals surface area contributed by atoms with Crippen molar-refractivity contribution in [2.75, 3.05) is 20.2 Å². The number of nitrogens with one attached hydrogen (secondary N) is 2. The molecule has 1 aliphatic carbocycles. The molecule has 0 aromatic heterocycles. The van der Waals surface area contributed by atoms with Gasteiger partial charge in [-0.15, -0.1) is 0 Å². The summed E-state index contributed by atoms with van der Waals surface area (Å²) in [6, 6.07) is 5.14. The van der Waals surface area contributed by atoms with Crippen molar-refractivity contribution in [3.8, 4) is 0 Å². The van der Waals surface area contributed by atoms with Gasteiger partial charge in [0.05, 0.1) is 12.7 Å². The number of halogens is 1. The van der Waals surface area contributed by atoms with Crippen LogP contribution in [0.4, 0.5) is 4.39 Å². The molecule has 1 aromatic carbocycles. The number of benzene rings is 1. The average molecular weight is 390 g/mol. The standard InChI is InChI=1S/C22H31FN2O3/c1-28-21(26)9-4-15-2-6-18(7-3-15)25-22(27)19-8-5-17(14-20(19)23)16-10-12-24-13-11-16/h5,8,14-16,18,24H,2-4,6-7,9-13H2,1H3,(H,25,27). The van der Waals surface area contributed by atoms with Gasteiger partial charge < -0.3 is 15.4 Å². The van der Waals surface area contributed by atoms with Crippen LogP contribution in [0.15, 0.2) is 18.2 Å². The molecule has 1 saturated carbocycles. The van der Waals surface area contributed by atoms with Gasteiger partial charge in [0.2, 0.25) is 0 Å². The molecule has 154 valence electrons. The van der Waals surface area contributed by atoms with E-state index in [1.807, 2.05) is 6.07 Å². The summed E-state index contributed by atoms with van der Waals surface area (Å²) in [4.78, 5) is 23.8. The Morgan fingerprint density at radius 2 is 1.86 bits per heavy atom. The number of methoxy groups -OCH3 is 1. The van der Waals surface area contributed by atoms with Crippen LogP contribution in [0, 0.1) is 11.7 Å². The van der Waals surface area contributed by atoms with Gasteiger partial charge in [0, 0.05) is 12.5 Å². The number of hydrogen-bond acceptors (Lipinski definition) is 4. The van der Waals surface area contributed by atoms with Crippen molar-refractivity contribution < 1.29 is 18.7 Å². The Labute approximate surface area is 166 Å². The van der Waals surface area contributed by atoms with Crippen molar-refractivity contribution in [1.29, 1.82) is 0 Å². The Morgan fingerprint density at radius 3 is 2.50 bits per heavy atom. The lowest BCUT2D eigenvalue weighted by Crippen LogP contribution is -2.38. The third-order valence-electron chi connectivity index (χ3n) is 6.21. The maximum Gasteiger partial charge on any atom is 0.305 e. The second-order valence-corrected chi connectivity index (χ2v) is 8.07. The number of hydrogen-bond donors (Lipinski definition) is 2. The van der Waals surface area contributed by atoms with Gasteiger partial charge >= 0.3 is 5.97 Å². The minimum Gasteiger partial charge on any atom is -0.469 e. The van der Waals surface area contributed by atoms with Crippen LogP contribution in [0.5, 0.6) is 0 Å². The lowest BCUT2D eigenvalue weighted by atomic mass is 9.83. The van der Waals surface area contributed by atoms with E-state index in [4.69, 9.17) is 0 Å². The van der Waals surface area contributed by atoms with Crippen molar-refractivity contribution in [2.45, 2.75) is 63.3 Å². The Balaban J connectivity index is 1.49. The Kier molecular flexibility index (Phi) is 7.43. The van der Waals surface area contributed by atoms with Crippen molar-refractivity contribution in [3.05, 3.63) is 35.1 Å². The van der Waals surface area contributed by atoms with E-state index in [1.165, 1.54) is 13.2 Å². The number of carbonyl (C=O) groups excluding carboxylic acids is 2. The highest BCUT2D eigenvalue weighted by Gasteiger charge is 2.25. The number of rotatable bonds is 6. The summed E-state index contributed by atoms with van der Waals surface area (Å²) in [7, 11) is 1.41. The molecule has 3 rings (SSSR count). The first-order chi connectivity index (χ1) is 13.6. The molecule has 5 nitrogen and oxygen atoms in total. The number of carbonyl (C=O) groups is 2. The molecule has 0 bridgehead atoms. The van der Waals surface area contributed by atoms with Crippen LogP contribution >= 0.6 is 0 Å². The quantitative estimate of drug-likeness (QED) is 0.729. The minimum atomic E-state index is -0.430. The van der Waals surface area contributed by atoms with Crippen LogP contribution in [0.3, 0.4) is 0 Å². The zero-order chi connectivity index (χ0) is 19.9. The maximum absolute atomic E-state index is 14.6. The minimum absolute atomic E-state index is 0.0744. The highest BCUT2D eigenvalue weighted by Crippen LogP contribution is 2.29. The first kappa shape index (κ1) is 20.8. The molecule has 2 aliphatic rings. The molecular formula is C22H31FN2O3. The molecule has 0 unspecified atom stereocenters. The molecule has 1 heterocycles. The number of esters is 1. The second-order valence-electron chi connectivity index (χ2n) is 8.07. The van der Waals surface area contributed by atoms with Crippen LogP contribution in [-0.2, 0) is 9.53 Å². The molecule has 6 heteroatoms. The van der Waals surface area contributed by atoms with E-state index in [2.05, 4.69) is 15.4 Å². The highest BCUT2D eigenvalue weighted by atomic mass is 19.1. The van der Waals surface area contributed by atoms with Crippen molar-refractivity contribution in [1.82, 2.24) is 10.6 Å². The first-order valence-corrected chi connectivity index (χ1v) is 10.4. The van der Waals surface area contributed by atoms with Gasteiger partial charge in [-0.2, -0.15) is 0 Å². The lowest BCUT2D eigenvalue weighted by Gasteiger charge is -2.29. The van der Waals surface area contributed by atoms with E-state index in [-0.39, 0.29) is 23.5 Å². The normalized spacial score (nSPS) is 23.2. The highest BCUT2D eigenvalue weighted by molar-refractivity contribution is 5.94. The first-order valence-electron chi connectivity index (χ1n) is 10.4. The fourth-order valence-electron chi connectivity index (χ4n) is 4.41. The molecule has 1 aliphatic heterocycles. The van der Waals surface area contributed by atoms with Crippen molar-refractivity contribution >= 4 is 11.9 Å². The van der Waals surface area contributed by atoms with E-state index in [0.717, 1.165) is 63.6 Å².